The Balaban J connectivity index is 1.34. The van der Waals surface area contributed by atoms with Crippen LogP contribution in [0.25, 0.3) is 11.0 Å². The highest BCUT2D eigenvalue weighted by molar-refractivity contribution is 7.91. The van der Waals surface area contributed by atoms with Crippen LogP contribution in [0.4, 0.5) is 16.2 Å². The highest BCUT2D eigenvalue weighted by Crippen LogP contribution is 2.38. The fourth-order valence-electron chi connectivity index (χ4n) is 4.53. The first-order valence-corrected chi connectivity index (χ1v) is 11.5. The summed E-state index contributed by atoms with van der Waals surface area (Å²) >= 11 is 0. The molecule has 9 heteroatoms. The minimum absolute atomic E-state index is 0.315. The summed E-state index contributed by atoms with van der Waals surface area (Å²) in [5.74, 6) is 0. The number of benzene rings is 2. The van der Waals surface area contributed by atoms with E-state index in [9.17, 15) is 13.2 Å². The Morgan fingerprint density at radius 2 is 1.73 bits per heavy atom. The van der Waals surface area contributed by atoms with Gasteiger partial charge in [0.2, 0.25) is 0 Å². The van der Waals surface area contributed by atoms with Gasteiger partial charge in [-0.1, -0.05) is 11.2 Å². The Hall–Kier alpha value is -3.07. The summed E-state index contributed by atoms with van der Waals surface area (Å²) in [6.07, 6.45) is 5.92. The lowest BCUT2D eigenvalue weighted by Crippen LogP contribution is -2.38. The molecule has 3 aromatic rings. The first kappa shape index (κ1) is 18.9. The van der Waals surface area contributed by atoms with E-state index in [1.165, 1.54) is 11.1 Å². The molecule has 2 aliphatic carbocycles. The molecule has 156 valence electrons. The van der Waals surface area contributed by atoms with Crippen molar-refractivity contribution in [2.45, 2.75) is 45.4 Å². The van der Waals surface area contributed by atoms with Crippen LogP contribution < -0.4 is 14.8 Å². The summed E-state index contributed by atoms with van der Waals surface area (Å²) in [6, 6.07) is 6.30. The number of carbonyl (C=O) groups is 1. The number of aromatic nitrogens is 1. The molecule has 2 aliphatic rings. The second-order valence-electron chi connectivity index (χ2n) is 7.87. The molecule has 0 atom stereocenters. The molecule has 3 N–H and O–H groups in total. The van der Waals surface area contributed by atoms with Crippen molar-refractivity contribution in [3.8, 4) is 0 Å². The van der Waals surface area contributed by atoms with Crippen LogP contribution in [0, 0.1) is 6.92 Å². The fraction of sp³-hybridized carbons (Fsp3) is 0.333. The smallest absolute Gasteiger partial charge is 0.334 e. The molecule has 0 radical (unpaired) electrons. The SMILES string of the molecule is Cc1noc2ccc(NS(=O)(=O)NC(=O)Nc3c4c(cc5c3CCC5)CCC4)cc12. The van der Waals surface area contributed by atoms with Gasteiger partial charge in [-0.3, -0.25) is 4.72 Å². The molecule has 0 aliphatic heterocycles. The zero-order chi connectivity index (χ0) is 20.9. The average molecular weight is 426 g/mol. The number of anilines is 2. The van der Waals surface area contributed by atoms with Gasteiger partial charge in [-0.2, -0.15) is 8.42 Å². The van der Waals surface area contributed by atoms with Crippen LogP contribution in [-0.4, -0.2) is 19.6 Å². The predicted molar refractivity (Wildman–Crippen MR) is 114 cm³/mol. The average Bonchev–Trinajstić information content (AvgIpc) is 3.41. The molecule has 0 unspecified atom stereocenters. The first-order valence-electron chi connectivity index (χ1n) is 10.0. The number of nitrogens with one attached hydrogen (secondary N) is 3. The highest BCUT2D eigenvalue weighted by atomic mass is 32.2. The number of rotatable bonds is 4. The van der Waals surface area contributed by atoms with Crippen molar-refractivity contribution in [1.82, 2.24) is 9.88 Å². The van der Waals surface area contributed by atoms with Gasteiger partial charge in [0.25, 0.3) is 0 Å². The normalized spacial score (nSPS) is 15.1. The second-order valence-corrected chi connectivity index (χ2v) is 9.29. The number of hydrogen-bond acceptors (Lipinski definition) is 5. The van der Waals surface area contributed by atoms with E-state index in [0.29, 0.717) is 22.4 Å². The van der Waals surface area contributed by atoms with Crippen molar-refractivity contribution >= 4 is 38.6 Å². The lowest BCUT2D eigenvalue weighted by molar-refractivity contribution is 0.256. The van der Waals surface area contributed by atoms with Gasteiger partial charge in [0.1, 0.15) is 0 Å². The van der Waals surface area contributed by atoms with E-state index < -0.39 is 16.2 Å². The molecule has 2 amide bonds. The van der Waals surface area contributed by atoms with Gasteiger partial charge >= 0.3 is 16.2 Å². The predicted octanol–water partition coefficient (Wildman–Crippen LogP) is 3.59. The lowest BCUT2D eigenvalue weighted by Gasteiger charge is -2.17. The van der Waals surface area contributed by atoms with E-state index >= 15 is 0 Å². The third-order valence-corrected chi connectivity index (χ3v) is 6.80. The maximum absolute atomic E-state index is 12.6. The number of urea groups is 1. The van der Waals surface area contributed by atoms with E-state index in [0.717, 1.165) is 55.3 Å². The van der Waals surface area contributed by atoms with Gasteiger partial charge in [0.15, 0.2) is 5.58 Å². The van der Waals surface area contributed by atoms with E-state index in [2.05, 4.69) is 26.0 Å². The first-order chi connectivity index (χ1) is 14.4. The molecule has 0 fully saturated rings. The van der Waals surface area contributed by atoms with E-state index in [1.807, 2.05) is 0 Å². The van der Waals surface area contributed by atoms with E-state index in [-0.39, 0.29) is 0 Å². The molecule has 2 aromatic carbocycles. The Kier molecular flexibility index (Phi) is 4.43. The van der Waals surface area contributed by atoms with Crippen LogP contribution >= 0.6 is 0 Å². The standard InChI is InChI=1S/C21H22N4O4S/c1-12-18-11-15(8-9-19(18)29-23-12)24-30(27,28)25-21(26)22-20-16-6-2-4-13(16)10-14-5-3-7-17(14)20/h8-11,24H,2-7H2,1H3,(H2,22,25,26). The maximum atomic E-state index is 12.6. The van der Waals surface area contributed by atoms with Crippen molar-refractivity contribution in [3.63, 3.8) is 0 Å². The number of nitrogens with zero attached hydrogens (tertiary/aromatic N) is 1. The summed E-state index contributed by atoms with van der Waals surface area (Å²) in [6.45, 7) is 1.77. The lowest BCUT2D eigenvalue weighted by atomic mass is 9.99. The van der Waals surface area contributed by atoms with Crippen LogP contribution in [0.2, 0.25) is 0 Å². The van der Waals surface area contributed by atoms with Crippen LogP contribution in [0.3, 0.4) is 0 Å². The van der Waals surface area contributed by atoms with Crippen LogP contribution in [0.15, 0.2) is 28.8 Å². The van der Waals surface area contributed by atoms with E-state index in [4.69, 9.17) is 4.52 Å². The van der Waals surface area contributed by atoms with Gasteiger partial charge in [-0.25, -0.2) is 9.52 Å². The third-order valence-electron chi connectivity index (χ3n) is 5.84. The minimum atomic E-state index is -4.11. The summed E-state index contributed by atoms with van der Waals surface area (Å²) in [5.41, 5.74) is 7.15. The largest absolute Gasteiger partial charge is 0.356 e. The molecular formula is C21H22N4O4S. The number of fused-ring (bicyclic) bond motifs is 3. The Bertz CT molecular complexity index is 1250. The molecule has 1 heterocycles. The van der Waals surface area contributed by atoms with Crippen molar-refractivity contribution in [2.24, 2.45) is 0 Å². The summed E-state index contributed by atoms with van der Waals surface area (Å²) < 4.78 is 34.6. The van der Waals surface area contributed by atoms with E-state index in [1.54, 1.807) is 25.1 Å². The molecule has 1 aromatic heterocycles. The number of aryl methyl sites for hydroxylation is 3. The molecule has 0 spiro atoms. The fourth-order valence-corrected chi connectivity index (χ4v) is 5.31. The van der Waals surface area contributed by atoms with Crippen molar-refractivity contribution < 1.29 is 17.7 Å². The van der Waals surface area contributed by atoms with Crippen molar-refractivity contribution in [2.75, 3.05) is 10.0 Å². The molecule has 0 saturated heterocycles. The quantitative estimate of drug-likeness (QED) is 0.590. The summed E-state index contributed by atoms with van der Waals surface area (Å²) in [5, 5.41) is 7.38. The third kappa shape index (κ3) is 3.39. The highest BCUT2D eigenvalue weighted by Gasteiger charge is 2.26. The topological polar surface area (TPSA) is 113 Å². The summed E-state index contributed by atoms with van der Waals surface area (Å²) in [4.78, 5) is 12.6. The van der Waals surface area contributed by atoms with Gasteiger partial charge in [0.05, 0.1) is 11.4 Å². The van der Waals surface area contributed by atoms with Crippen LogP contribution in [0.5, 0.6) is 0 Å². The number of hydrogen-bond donors (Lipinski definition) is 3. The monoisotopic (exact) mass is 426 g/mol. The van der Waals surface area contributed by atoms with Crippen LogP contribution in [-0.2, 0) is 35.9 Å². The maximum Gasteiger partial charge on any atom is 0.334 e. The number of carbonyl (C=O) groups excluding carboxylic acids is 1. The molecule has 0 saturated carbocycles. The molecule has 5 rings (SSSR count). The van der Waals surface area contributed by atoms with Gasteiger partial charge < -0.3 is 9.84 Å². The molecule has 30 heavy (non-hydrogen) atoms. The molecular weight excluding hydrogens is 404 g/mol. The Morgan fingerprint density at radius 1 is 1.03 bits per heavy atom. The van der Waals surface area contributed by atoms with Crippen molar-refractivity contribution in [1.29, 1.82) is 0 Å². The summed E-state index contributed by atoms with van der Waals surface area (Å²) in [7, 11) is -4.11. The number of amides is 2. The van der Waals surface area contributed by atoms with Crippen molar-refractivity contribution in [3.05, 3.63) is 52.2 Å². The van der Waals surface area contributed by atoms with Gasteiger partial charge in [-0.05, 0) is 85.9 Å². The minimum Gasteiger partial charge on any atom is -0.356 e. The van der Waals surface area contributed by atoms with Gasteiger partial charge in [-0.15, -0.1) is 0 Å². The van der Waals surface area contributed by atoms with Gasteiger partial charge in [0, 0.05) is 11.1 Å². The van der Waals surface area contributed by atoms with Crippen LogP contribution in [0.1, 0.15) is 40.8 Å². The molecule has 0 bridgehead atoms. The zero-order valence-electron chi connectivity index (χ0n) is 16.5. The Morgan fingerprint density at radius 3 is 2.43 bits per heavy atom. The second kappa shape index (κ2) is 7.02. The zero-order valence-corrected chi connectivity index (χ0v) is 17.4. The molecule has 8 nitrogen and oxygen atoms in total. The Labute approximate surface area is 174 Å².